The Morgan fingerprint density at radius 2 is 1.89 bits per heavy atom. The number of hydrogen-bond donors (Lipinski definition) is 0. The van der Waals surface area contributed by atoms with Crippen molar-refractivity contribution in [3.8, 4) is 5.75 Å². The standard InChI is InChI=1S/C22H17FN2O2S/c1-2-27-16-11-9-15(10-12-16)25-21(18-7-3-4-8-19(18)23)24-20(22(25)26)14-17-6-5-13-28-17/h3-14H,2H2,1H3/b20-14+. The van der Waals surface area contributed by atoms with Crippen LogP contribution >= 0.6 is 11.3 Å². The molecule has 0 fully saturated rings. The summed E-state index contributed by atoms with van der Waals surface area (Å²) in [5.41, 5.74) is 1.15. The van der Waals surface area contributed by atoms with Crippen LogP contribution < -0.4 is 9.64 Å². The number of anilines is 1. The van der Waals surface area contributed by atoms with E-state index in [-0.39, 0.29) is 23.0 Å². The summed E-state index contributed by atoms with van der Waals surface area (Å²) in [4.78, 5) is 20.0. The highest BCUT2D eigenvalue weighted by molar-refractivity contribution is 7.10. The van der Waals surface area contributed by atoms with E-state index < -0.39 is 5.82 Å². The van der Waals surface area contributed by atoms with Crippen LogP contribution in [-0.4, -0.2) is 18.3 Å². The second-order valence-electron chi connectivity index (χ2n) is 6.03. The molecule has 0 aliphatic carbocycles. The number of amidine groups is 1. The highest BCUT2D eigenvalue weighted by Gasteiger charge is 2.33. The topological polar surface area (TPSA) is 41.9 Å². The molecule has 1 amide bonds. The Bertz CT molecular complexity index is 1060. The van der Waals surface area contributed by atoms with Gasteiger partial charge in [-0.05, 0) is 60.8 Å². The van der Waals surface area contributed by atoms with E-state index in [1.165, 1.54) is 22.3 Å². The van der Waals surface area contributed by atoms with E-state index in [1.807, 2.05) is 24.4 Å². The number of ether oxygens (including phenoxy) is 1. The van der Waals surface area contributed by atoms with Crippen LogP contribution in [0.1, 0.15) is 17.4 Å². The first-order chi connectivity index (χ1) is 13.7. The molecular weight excluding hydrogens is 375 g/mol. The largest absolute Gasteiger partial charge is 0.494 e. The van der Waals surface area contributed by atoms with E-state index in [9.17, 15) is 9.18 Å². The van der Waals surface area contributed by atoms with E-state index in [0.29, 0.717) is 18.0 Å². The smallest absolute Gasteiger partial charge is 0.282 e. The van der Waals surface area contributed by atoms with Crippen molar-refractivity contribution in [1.82, 2.24) is 0 Å². The number of amides is 1. The van der Waals surface area contributed by atoms with Crippen molar-refractivity contribution in [1.29, 1.82) is 0 Å². The summed E-state index contributed by atoms with van der Waals surface area (Å²) < 4.78 is 19.9. The molecule has 0 radical (unpaired) electrons. The van der Waals surface area contributed by atoms with Crippen molar-refractivity contribution >= 4 is 34.8 Å². The van der Waals surface area contributed by atoms with Crippen molar-refractivity contribution in [2.24, 2.45) is 4.99 Å². The number of rotatable bonds is 5. The van der Waals surface area contributed by atoms with Gasteiger partial charge in [0.05, 0.1) is 17.9 Å². The summed E-state index contributed by atoms with van der Waals surface area (Å²) in [6, 6.07) is 17.2. The third kappa shape index (κ3) is 3.46. The van der Waals surface area contributed by atoms with Crippen molar-refractivity contribution in [2.75, 3.05) is 11.5 Å². The van der Waals surface area contributed by atoms with E-state index in [1.54, 1.807) is 48.5 Å². The third-order valence-corrected chi connectivity index (χ3v) is 5.02. The van der Waals surface area contributed by atoms with Gasteiger partial charge in [-0.3, -0.25) is 9.69 Å². The van der Waals surface area contributed by atoms with Crippen LogP contribution in [0.5, 0.6) is 5.75 Å². The van der Waals surface area contributed by atoms with E-state index in [2.05, 4.69) is 4.99 Å². The molecule has 0 saturated heterocycles. The third-order valence-electron chi connectivity index (χ3n) is 4.20. The molecule has 2 aromatic carbocycles. The number of nitrogens with zero attached hydrogens (tertiary/aromatic N) is 2. The van der Waals surface area contributed by atoms with Gasteiger partial charge >= 0.3 is 0 Å². The number of carbonyl (C=O) groups excluding carboxylic acids is 1. The Morgan fingerprint density at radius 3 is 2.57 bits per heavy atom. The first kappa shape index (κ1) is 18.1. The Kier molecular flexibility index (Phi) is 5.04. The molecule has 0 N–H and O–H groups in total. The summed E-state index contributed by atoms with van der Waals surface area (Å²) in [6.07, 6.45) is 1.72. The molecule has 0 unspecified atom stereocenters. The van der Waals surface area contributed by atoms with Gasteiger partial charge in [0.1, 0.15) is 17.3 Å². The first-order valence-electron chi connectivity index (χ1n) is 8.83. The molecule has 0 bridgehead atoms. The lowest BCUT2D eigenvalue weighted by Crippen LogP contribution is -2.33. The van der Waals surface area contributed by atoms with Crippen LogP contribution in [0.15, 0.2) is 76.7 Å². The molecule has 0 atom stereocenters. The molecule has 0 saturated carbocycles. The highest BCUT2D eigenvalue weighted by atomic mass is 32.1. The second kappa shape index (κ2) is 7.78. The van der Waals surface area contributed by atoms with Crippen LogP contribution in [0.4, 0.5) is 10.1 Å². The minimum absolute atomic E-state index is 0.273. The molecule has 4 nitrogen and oxygen atoms in total. The minimum Gasteiger partial charge on any atom is -0.494 e. The fourth-order valence-corrected chi connectivity index (χ4v) is 3.60. The highest BCUT2D eigenvalue weighted by Crippen LogP contribution is 2.30. The number of carbonyl (C=O) groups is 1. The number of halogens is 1. The predicted molar refractivity (Wildman–Crippen MR) is 110 cm³/mol. The van der Waals surface area contributed by atoms with Gasteiger partial charge in [-0.15, -0.1) is 11.3 Å². The van der Waals surface area contributed by atoms with Crippen molar-refractivity contribution in [3.63, 3.8) is 0 Å². The van der Waals surface area contributed by atoms with Gasteiger partial charge in [0.15, 0.2) is 5.84 Å². The first-order valence-corrected chi connectivity index (χ1v) is 9.71. The van der Waals surface area contributed by atoms with E-state index in [0.717, 1.165) is 4.88 Å². The summed E-state index contributed by atoms with van der Waals surface area (Å²) in [5, 5.41) is 1.93. The zero-order valence-electron chi connectivity index (χ0n) is 15.1. The molecule has 6 heteroatoms. The minimum atomic E-state index is -0.428. The van der Waals surface area contributed by atoms with Crippen molar-refractivity contribution < 1.29 is 13.9 Å². The molecular formula is C22H17FN2O2S. The van der Waals surface area contributed by atoms with E-state index in [4.69, 9.17) is 4.74 Å². The Balaban J connectivity index is 1.80. The van der Waals surface area contributed by atoms with Gasteiger partial charge in [0, 0.05) is 4.88 Å². The lowest BCUT2D eigenvalue weighted by Gasteiger charge is -2.19. The maximum atomic E-state index is 14.5. The fourth-order valence-electron chi connectivity index (χ4n) is 2.95. The monoisotopic (exact) mass is 392 g/mol. The lowest BCUT2D eigenvalue weighted by molar-refractivity contribution is -0.113. The quantitative estimate of drug-likeness (QED) is 0.566. The van der Waals surface area contributed by atoms with Crippen molar-refractivity contribution in [3.05, 3.63) is 88.0 Å². The molecule has 140 valence electrons. The van der Waals surface area contributed by atoms with E-state index >= 15 is 0 Å². The summed E-state index contributed by atoms with van der Waals surface area (Å²) >= 11 is 1.51. The SMILES string of the molecule is CCOc1ccc(N2C(=O)/C(=C\c3cccs3)N=C2c2ccccc2F)cc1. The molecule has 1 aromatic heterocycles. The van der Waals surface area contributed by atoms with Crippen LogP contribution in [0, 0.1) is 5.82 Å². The summed E-state index contributed by atoms with van der Waals surface area (Å²) in [6.45, 7) is 2.46. The second-order valence-corrected chi connectivity index (χ2v) is 7.01. The fraction of sp³-hybridized carbons (Fsp3) is 0.0909. The van der Waals surface area contributed by atoms with Gasteiger partial charge in [-0.2, -0.15) is 0 Å². The lowest BCUT2D eigenvalue weighted by atomic mass is 10.1. The number of aliphatic imine (C=N–C) groups is 1. The maximum Gasteiger partial charge on any atom is 0.282 e. The average molecular weight is 392 g/mol. The Labute approximate surface area is 166 Å². The van der Waals surface area contributed by atoms with Crippen molar-refractivity contribution in [2.45, 2.75) is 6.92 Å². The van der Waals surface area contributed by atoms with Gasteiger partial charge < -0.3 is 4.74 Å². The average Bonchev–Trinajstić information content (AvgIpc) is 3.32. The Morgan fingerprint density at radius 1 is 1.11 bits per heavy atom. The van der Waals surface area contributed by atoms with Gasteiger partial charge in [0.25, 0.3) is 5.91 Å². The summed E-state index contributed by atoms with van der Waals surface area (Å²) in [7, 11) is 0. The maximum absolute atomic E-state index is 14.5. The molecule has 2 heterocycles. The van der Waals surface area contributed by atoms with Crippen LogP contribution in [0.3, 0.4) is 0 Å². The molecule has 3 aromatic rings. The number of hydrogen-bond acceptors (Lipinski definition) is 4. The summed E-state index contributed by atoms with van der Waals surface area (Å²) in [5.74, 6) is 0.255. The molecule has 1 aliphatic rings. The van der Waals surface area contributed by atoms with Gasteiger partial charge in [-0.1, -0.05) is 18.2 Å². The van der Waals surface area contributed by atoms with Crippen LogP contribution in [-0.2, 0) is 4.79 Å². The molecule has 1 aliphatic heterocycles. The predicted octanol–water partition coefficient (Wildman–Crippen LogP) is 5.12. The number of thiophene rings is 1. The zero-order valence-corrected chi connectivity index (χ0v) is 15.9. The molecule has 28 heavy (non-hydrogen) atoms. The number of benzene rings is 2. The van der Waals surface area contributed by atoms with Gasteiger partial charge in [0.2, 0.25) is 0 Å². The van der Waals surface area contributed by atoms with Crippen LogP contribution in [0.2, 0.25) is 0 Å². The van der Waals surface area contributed by atoms with Gasteiger partial charge in [-0.25, -0.2) is 9.38 Å². The normalized spacial score (nSPS) is 15.2. The Hall–Kier alpha value is -3.25. The molecule has 0 spiro atoms. The molecule has 4 rings (SSSR count). The van der Waals surface area contributed by atoms with Crippen LogP contribution in [0.25, 0.3) is 6.08 Å². The zero-order chi connectivity index (χ0) is 19.5.